The monoisotopic (exact) mass is 386 g/mol. The standard InChI is InChI=1S/C18H18N4O4S/c1-11-20-18(26-22-11)12-6-7-19-17(8-12)27-10-16(23)21-14-9-13(24-2)4-5-15(14)25-3/h4-9H,10H2,1-3H3,(H,21,23). The van der Waals surface area contributed by atoms with Crippen molar-refractivity contribution in [1.82, 2.24) is 15.1 Å². The lowest BCUT2D eigenvalue weighted by atomic mass is 10.2. The second-order valence-corrected chi connectivity index (χ2v) is 6.43. The summed E-state index contributed by atoms with van der Waals surface area (Å²) >= 11 is 1.30. The number of nitrogens with one attached hydrogen (secondary N) is 1. The predicted octanol–water partition coefficient (Wildman–Crippen LogP) is 3.19. The summed E-state index contributed by atoms with van der Waals surface area (Å²) in [5, 5.41) is 7.27. The van der Waals surface area contributed by atoms with E-state index in [1.807, 2.05) is 0 Å². The van der Waals surface area contributed by atoms with Gasteiger partial charge in [-0.2, -0.15) is 4.98 Å². The van der Waals surface area contributed by atoms with E-state index in [4.69, 9.17) is 14.0 Å². The number of benzene rings is 1. The second kappa shape index (κ2) is 8.54. The molecule has 3 rings (SSSR count). The maximum absolute atomic E-state index is 12.3. The summed E-state index contributed by atoms with van der Waals surface area (Å²) in [5.41, 5.74) is 1.30. The molecular weight excluding hydrogens is 368 g/mol. The molecule has 0 radical (unpaired) electrons. The first-order valence-corrected chi connectivity index (χ1v) is 8.99. The number of pyridine rings is 1. The normalized spacial score (nSPS) is 10.5. The van der Waals surface area contributed by atoms with Crippen LogP contribution >= 0.6 is 11.8 Å². The third kappa shape index (κ3) is 4.76. The van der Waals surface area contributed by atoms with E-state index in [1.54, 1.807) is 57.7 Å². The smallest absolute Gasteiger partial charge is 0.258 e. The van der Waals surface area contributed by atoms with Crippen molar-refractivity contribution in [2.45, 2.75) is 11.9 Å². The average Bonchev–Trinajstić information content (AvgIpc) is 3.13. The van der Waals surface area contributed by atoms with Gasteiger partial charge in [-0.3, -0.25) is 4.79 Å². The topological polar surface area (TPSA) is 99.4 Å². The molecule has 140 valence electrons. The number of aryl methyl sites for hydroxylation is 1. The molecule has 0 aliphatic rings. The largest absolute Gasteiger partial charge is 0.497 e. The highest BCUT2D eigenvalue weighted by Crippen LogP contribution is 2.29. The molecule has 0 unspecified atom stereocenters. The van der Waals surface area contributed by atoms with E-state index < -0.39 is 0 Å². The molecule has 9 heteroatoms. The van der Waals surface area contributed by atoms with E-state index in [1.165, 1.54) is 11.8 Å². The summed E-state index contributed by atoms with van der Waals surface area (Å²) < 4.78 is 15.6. The fraction of sp³-hybridized carbons (Fsp3) is 0.222. The zero-order chi connectivity index (χ0) is 19.2. The SMILES string of the molecule is COc1ccc(OC)c(NC(=O)CSc2cc(-c3nc(C)no3)ccn2)c1. The Morgan fingerprint density at radius 2 is 2.07 bits per heavy atom. The van der Waals surface area contributed by atoms with Crippen molar-refractivity contribution in [3.8, 4) is 23.0 Å². The Morgan fingerprint density at radius 1 is 1.22 bits per heavy atom. The zero-order valence-corrected chi connectivity index (χ0v) is 15.9. The van der Waals surface area contributed by atoms with Crippen LogP contribution in [0.15, 0.2) is 46.1 Å². The van der Waals surface area contributed by atoms with Gasteiger partial charge in [0.25, 0.3) is 5.89 Å². The highest BCUT2D eigenvalue weighted by atomic mass is 32.2. The van der Waals surface area contributed by atoms with Crippen LogP contribution in [-0.4, -0.2) is 41.0 Å². The van der Waals surface area contributed by atoms with Crippen LogP contribution in [0.1, 0.15) is 5.82 Å². The van der Waals surface area contributed by atoms with Crippen LogP contribution < -0.4 is 14.8 Å². The summed E-state index contributed by atoms with van der Waals surface area (Å²) in [4.78, 5) is 20.8. The summed E-state index contributed by atoms with van der Waals surface area (Å²) in [5.74, 6) is 2.15. The van der Waals surface area contributed by atoms with Crippen LogP contribution in [0.4, 0.5) is 5.69 Å². The Morgan fingerprint density at radius 3 is 2.78 bits per heavy atom. The molecule has 0 spiro atoms. The van der Waals surface area contributed by atoms with E-state index in [2.05, 4.69) is 20.4 Å². The summed E-state index contributed by atoms with van der Waals surface area (Å²) in [6, 6.07) is 8.78. The van der Waals surface area contributed by atoms with Crippen LogP contribution in [-0.2, 0) is 4.79 Å². The Kier molecular flexibility index (Phi) is 5.92. The molecule has 0 saturated heterocycles. The van der Waals surface area contributed by atoms with Gasteiger partial charge in [-0.05, 0) is 31.2 Å². The number of nitrogens with zero attached hydrogens (tertiary/aromatic N) is 3. The zero-order valence-electron chi connectivity index (χ0n) is 15.1. The number of carbonyl (C=O) groups excluding carboxylic acids is 1. The lowest BCUT2D eigenvalue weighted by molar-refractivity contribution is -0.113. The fourth-order valence-corrected chi connectivity index (χ4v) is 2.97. The van der Waals surface area contributed by atoms with Crippen LogP contribution in [0.3, 0.4) is 0 Å². The van der Waals surface area contributed by atoms with Gasteiger partial charge >= 0.3 is 0 Å². The van der Waals surface area contributed by atoms with Crippen molar-refractivity contribution < 1.29 is 18.8 Å². The Labute approximate surface area is 160 Å². The first-order valence-electron chi connectivity index (χ1n) is 8.00. The Balaban J connectivity index is 1.64. The minimum absolute atomic E-state index is 0.180. The summed E-state index contributed by atoms with van der Waals surface area (Å²) in [6.45, 7) is 1.75. The van der Waals surface area contributed by atoms with Crippen molar-refractivity contribution >= 4 is 23.4 Å². The summed E-state index contributed by atoms with van der Waals surface area (Å²) in [6.07, 6.45) is 1.64. The number of anilines is 1. The number of aromatic nitrogens is 3. The van der Waals surface area contributed by atoms with Crippen LogP contribution in [0.5, 0.6) is 11.5 Å². The van der Waals surface area contributed by atoms with Crippen molar-refractivity contribution in [3.63, 3.8) is 0 Å². The van der Waals surface area contributed by atoms with Crippen molar-refractivity contribution in [2.75, 3.05) is 25.3 Å². The lowest BCUT2D eigenvalue weighted by Gasteiger charge is -2.11. The molecule has 0 fully saturated rings. The molecule has 2 aromatic heterocycles. The molecule has 1 N–H and O–H groups in total. The number of hydrogen-bond acceptors (Lipinski definition) is 8. The van der Waals surface area contributed by atoms with Gasteiger partial charge in [-0.25, -0.2) is 4.98 Å². The van der Waals surface area contributed by atoms with Crippen molar-refractivity contribution in [2.24, 2.45) is 0 Å². The van der Waals surface area contributed by atoms with Gasteiger partial charge in [0.05, 0.1) is 30.7 Å². The maximum atomic E-state index is 12.3. The molecule has 1 amide bonds. The number of hydrogen-bond donors (Lipinski definition) is 1. The van der Waals surface area contributed by atoms with Gasteiger partial charge in [0.2, 0.25) is 5.91 Å². The number of carbonyl (C=O) groups is 1. The van der Waals surface area contributed by atoms with Gasteiger partial charge in [-0.15, -0.1) is 0 Å². The average molecular weight is 386 g/mol. The maximum Gasteiger partial charge on any atom is 0.258 e. The fourth-order valence-electron chi connectivity index (χ4n) is 2.27. The minimum atomic E-state index is -0.188. The molecule has 1 aromatic carbocycles. The van der Waals surface area contributed by atoms with Gasteiger partial charge in [0, 0.05) is 17.8 Å². The number of thioether (sulfide) groups is 1. The minimum Gasteiger partial charge on any atom is -0.497 e. The van der Waals surface area contributed by atoms with E-state index >= 15 is 0 Å². The van der Waals surface area contributed by atoms with Crippen molar-refractivity contribution in [1.29, 1.82) is 0 Å². The molecule has 0 aliphatic carbocycles. The lowest BCUT2D eigenvalue weighted by Crippen LogP contribution is -2.14. The van der Waals surface area contributed by atoms with Crippen LogP contribution in [0.2, 0.25) is 0 Å². The Bertz CT molecular complexity index is 945. The molecule has 0 saturated carbocycles. The van der Waals surface area contributed by atoms with Gasteiger partial charge < -0.3 is 19.3 Å². The molecule has 0 aliphatic heterocycles. The van der Waals surface area contributed by atoms with E-state index in [-0.39, 0.29) is 11.7 Å². The first kappa shape index (κ1) is 18.7. The highest BCUT2D eigenvalue weighted by Gasteiger charge is 2.12. The molecule has 27 heavy (non-hydrogen) atoms. The van der Waals surface area contributed by atoms with Gasteiger partial charge in [0.15, 0.2) is 5.82 Å². The van der Waals surface area contributed by atoms with Crippen LogP contribution in [0, 0.1) is 6.92 Å². The number of rotatable bonds is 7. The second-order valence-electron chi connectivity index (χ2n) is 5.43. The van der Waals surface area contributed by atoms with E-state index in [0.29, 0.717) is 33.9 Å². The third-order valence-electron chi connectivity index (χ3n) is 3.54. The van der Waals surface area contributed by atoms with Gasteiger partial charge in [-0.1, -0.05) is 16.9 Å². The summed E-state index contributed by atoms with van der Waals surface area (Å²) in [7, 11) is 3.10. The first-order chi connectivity index (χ1) is 13.1. The molecular formula is C18H18N4O4S. The third-order valence-corrected chi connectivity index (χ3v) is 4.47. The molecule has 0 bridgehead atoms. The quantitative estimate of drug-likeness (QED) is 0.618. The van der Waals surface area contributed by atoms with Crippen molar-refractivity contribution in [3.05, 3.63) is 42.4 Å². The van der Waals surface area contributed by atoms with E-state index in [0.717, 1.165) is 5.56 Å². The highest BCUT2D eigenvalue weighted by molar-refractivity contribution is 7.99. The van der Waals surface area contributed by atoms with Crippen LogP contribution in [0.25, 0.3) is 11.5 Å². The molecule has 0 atom stereocenters. The van der Waals surface area contributed by atoms with E-state index in [9.17, 15) is 4.79 Å². The molecule has 2 heterocycles. The Hall–Kier alpha value is -3.07. The van der Waals surface area contributed by atoms with Gasteiger partial charge in [0.1, 0.15) is 11.5 Å². The number of ether oxygens (including phenoxy) is 2. The molecule has 8 nitrogen and oxygen atoms in total. The predicted molar refractivity (Wildman–Crippen MR) is 101 cm³/mol. The molecule has 3 aromatic rings. The number of amides is 1. The number of methoxy groups -OCH3 is 2.